The largest absolute Gasteiger partial charge is 0.507 e. The van der Waals surface area contributed by atoms with E-state index in [1.165, 1.54) is 6.92 Å². The minimum atomic E-state index is -2.16. The zero-order valence-electron chi connectivity index (χ0n) is 33.7. The van der Waals surface area contributed by atoms with Gasteiger partial charge in [-0.3, -0.25) is 14.6 Å². The van der Waals surface area contributed by atoms with Crippen LogP contribution in [-0.2, 0) is 41.1 Å². The van der Waals surface area contributed by atoms with Gasteiger partial charge in [-0.2, -0.15) is 0 Å². The predicted octanol–water partition coefficient (Wildman–Crippen LogP) is 6.79. The molecule has 0 bridgehead atoms. The Labute approximate surface area is 296 Å². The van der Waals surface area contributed by atoms with E-state index in [1.807, 2.05) is 53.7 Å². The van der Waals surface area contributed by atoms with Gasteiger partial charge in [0.05, 0.1) is 0 Å². The monoisotopic (exact) mass is 686 g/mol. The van der Waals surface area contributed by atoms with Crippen LogP contribution in [0.1, 0.15) is 146 Å². The number of phenols is 1. The fourth-order valence-corrected chi connectivity index (χ4v) is 8.15. The standard InChI is InChI=1S/C40H67N3O6/c1-25(44)41-40(32(46)48-27-21-36(8,9)42(16)37(10,11)22-27,33(47)49-28-23-38(12,13)43(17)39(14,15)24-28)20-26-18-29(34(2,3)4)31(45)30(19-26)35(5,6)7/h18-19,27-28,45H,20-24H2,1-17H3,(H,41,44). The molecule has 2 saturated heterocycles. The Morgan fingerprint density at radius 2 is 1.02 bits per heavy atom. The molecule has 0 unspecified atom stereocenters. The first kappa shape index (κ1) is 40.8. The smallest absolute Gasteiger partial charge is 0.344 e. The maximum absolute atomic E-state index is 14.8. The summed E-state index contributed by atoms with van der Waals surface area (Å²) >= 11 is 0. The molecule has 0 spiro atoms. The number of benzene rings is 1. The first-order valence-corrected chi connectivity index (χ1v) is 17.9. The number of amides is 1. The van der Waals surface area contributed by atoms with Gasteiger partial charge in [0.25, 0.3) is 0 Å². The first-order valence-electron chi connectivity index (χ1n) is 17.9. The molecule has 1 aromatic carbocycles. The van der Waals surface area contributed by atoms with Crippen LogP contribution in [-0.4, -0.2) is 86.8 Å². The van der Waals surface area contributed by atoms with E-state index >= 15 is 0 Å². The van der Waals surface area contributed by atoms with Crippen LogP contribution in [0, 0.1) is 0 Å². The van der Waals surface area contributed by atoms with Gasteiger partial charge in [-0.15, -0.1) is 0 Å². The third kappa shape index (κ3) is 8.63. The molecule has 9 nitrogen and oxygen atoms in total. The highest BCUT2D eigenvalue weighted by Crippen LogP contribution is 2.43. The van der Waals surface area contributed by atoms with Crippen LogP contribution in [0.5, 0.6) is 5.75 Å². The number of hydrogen-bond acceptors (Lipinski definition) is 8. The number of rotatable bonds is 7. The Balaban J connectivity index is 2.22. The molecule has 2 aliphatic heterocycles. The molecule has 1 amide bonds. The van der Waals surface area contributed by atoms with Crippen molar-refractivity contribution in [3.05, 3.63) is 28.8 Å². The van der Waals surface area contributed by atoms with E-state index in [4.69, 9.17) is 9.47 Å². The van der Waals surface area contributed by atoms with E-state index in [2.05, 4.69) is 84.6 Å². The van der Waals surface area contributed by atoms with E-state index < -0.39 is 46.4 Å². The lowest BCUT2D eigenvalue weighted by molar-refractivity contribution is -0.183. The third-order valence-electron chi connectivity index (χ3n) is 11.4. The summed E-state index contributed by atoms with van der Waals surface area (Å²) < 4.78 is 12.7. The number of carbonyl (C=O) groups is 3. The maximum atomic E-state index is 14.8. The van der Waals surface area contributed by atoms with Gasteiger partial charge in [-0.05, 0) is 97.0 Å². The number of hydrogen-bond donors (Lipinski definition) is 2. The Bertz CT molecular complexity index is 1300. The van der Waals surface area contributed by atoms with Crippen molar-refractivity contribution in [3.63, 3.8) is 0 Å². The van der Waals surface area contributed by atoms with Crippen molar-refractivity contribution < 1.29 is 29.0 Å². The van der Waals surface area contributed by atoms with Crippen LogP contribution in [0.4, 0.5) is 0 Å². The number of phenolic OH excluding ortho intramolecular Hbond substituents is 1. The van der Waals surface area contributed by atoms with Crippen molar-refractivity contribution >= 4 is 17.8 Å². The van der Waals surface area contributed by atoms with E-state index in [0.717, 1.165) is 0 Å². The van der Waals surface area contributed by atoms with Crippen molar-refractivity contribution in [2.24, 2.45) is 0 Å². The number of ether oxygens (including phenoxy) is 2. The predicted molar refractivity (Wildman–Crippen MR) is 196 cm³/mol. The topological polar surface area (TPSA) is 108 Å². The fraction of sp³-hybridized carbons (Fsp3) is 0.775. The van der Waals surface area contributed by atoms with Crippen molar-refractivity contribution in [2.45, 2.75) is 187 Å². The number of piperidine rings is 2. The molecule has 2 heterocycles. The van der Waals surface area contributed by atoms with E-state index in [1.54, 1.807) is 0 Å². The molecule has 0 aliphatic carbocycles. The molecule has 0 aromatic heterocycles. The Morgan fingerprint density at radius 3 is 1.29 bits per heavy atom. The Hall–Kier alpha value is -2.65. The number of nitrogens with zero attached hydrogens (tertiary/aromatic N) is 2. The van der Waals surface area contributed by atoms with Crippen molar-refractivity contribution in [3.8, 4) is 5.75 Å². The number of esters is 2. The van der Waals surface area contributed by atoms with E-state index in [0.29, 0.717) is 42.4 Å². The second kappa shape index (κ2) is 13.2. The minimum Gasteiger partial charge on any atom is -0.507 e. The molecule has 1 aromatic rings. The van der Waals surface area contributed by atoms with Crippen LogP contribution in [0.2, 0.25) is 0 Å². The molecular weight excluding hydrogens is 618 g/mol. The summed E-state index contributed by atoms with van der Waals surface area (Å²) in [4.78, 5) is 47.2. The minimum absolute atomic E-state index is 0.186. The average Bonchev–Trinajstić information content (AvgIpc) is 2.88. The van der Waals surface area contributed by atoms with Gasteiger partial charge in [-0.1, -0.05) is 53.7 Å². The second-order valence-corrected chi connectivity index (χ2v) is 19.5. The molecular formula is C40H67N3O6. The van der Waals surface area contributed by atoms with E-state index in [-0.39, 0.29) is 34.3 Å². The second-order valence-electron chi connectivity index (χ2n) is 19.5. The van der Waals surface area contributed by atoms with Crippen LogP contribution in [0.15, 0.2) is 12.1 Å². The average molecular weight is 686 g/mol. The number of carbonyl (C=O) groups excluding carboxylic acids is 3. The van der Waals surface area contributed by atoms with Gasteiger partial charge >= 0.3 is 11.9 Å². The molecule has 278 valence electrons. The lowest BCUT2D eigenvalue weighted by Gasteiger charge is -2.53. The van der Waals surface area contributed by atoms with Crippen LogP contribution in [0.25, 0.3) is 0 Å². The van der Waals surface area contributed by atoms with Crippen molar-refractivity contribution in [1.82, 2.24) is 15.1 Å². The maximum Gasteiger partial charge on any atom is 0.344 e. The van der Waals surface area contributed by atoms with Gasteiger partial charge < -0.3 is 19.9 Å². The number of likely N-dealkylation sites (tertiary alicyclic amines) is 2. The van der Waals surface area contributed by atoms with Crippen LogP contribution in [0.3, 0.4) is 0 Å². The summed E-state index contributed by atoms with van der Waals surface area (Å²) in [7, 11) is 4.15. The molecule has 2 aliphatic rings. The normalized spacial score (nSPS) is 22.0. The molecule has 0 radical (unpaired) electrons. The summed E-state index contributed by atoms with van der Waals surface area (Å²) in [6.45, 7) is 30.3. The van der Waals surface area contributed by atoms with Gasteiger partial charge in [0.15, 0.2) is 0 Å². The van der Waals surface area contributed by atoms with Crippen molar-refractivity contribution in [1.29, 1.82) is 0 Å². The lowest BCUT2D eigenvalue weighted by atomic mass is 9.76. The molecule has 2 N–H and O–H groups in total. The van der Waals surface area contributed by atoms with Gasteiger partial charge in [-0.25, -0.2) is 9.59 Å². The van der Waals surface area contributed by atoms with Crippen LogP contribution < -0.4 is 5.32 Å². The molecule has 49 heavy (non-hydrogen) atoms. The van der Waals surface area contributed by atoms with Crippen LogP contribution >= 0.6 is 0 Å². The molecule has 0 atom stereocenters. The highest BCUT2D eigenvalue weighted by Gasteiger charge is 2.55. The van der Waals surface area contributed by atoms with E-state index in [9.17, 15) is 19.5 Å². The third-order valence-corrected chi connectivity index (χ3v) is 11.4. The lowest BCUT2D eigenvalue weighted by Crippen LogP contribution is -2.66. The summed E-state index contributed by atoms with van der Waals surface area (Å²) in [5, 5.41) is 14.2. The highest BCUT2D eigenvalue weighted by atomic mass is 16.6. The van der Waals surface area contributed by atoms with Gasteiger partial charge in [0, 0.05) is 61.2 Å². The van der Waals surface area contributed by atoms with Crippen molar-refractivity contribution in [2.75, 3.05) is 14.1 Å². The molecule has 9 heteroatoms. The fourth-order valence-electron chi connectivity index (χ4n) is 8.15. The Morgan fingerprint density at radius 1 is 0.714 bits per heavy atom. The summed E-state index contributed by atoms with van der Waals surface area (Å²) in [5.74, 6) is -2.02. The summed E-state index contributed by atoms with van der Waals surface area (Å²) in [5.41, 5.74) is -2.21. The van der Waals surface area contributed by atoms with Gasteiger partial charge in [0.2, 0.25) is 11.4 Å². The zero-order valence-corrected chi connectivity index (χ0v) is 33.7. The zero-order chi connectivity index (χ0) is 37.9. The van der Waals surface area contributed by atoms with Gasteiger partial charge in [0.1, 0.15) is 18.0 Å². The Kier molecular flexibility index (Phi) is 10.9. The number of aromatic hydroxyl groups is 1. The molecule has 0 saturated carbocycles. The quantitative estimate of drug-likeness (QED) is 0.239. The molecule has 2 fully saturated rings. The summed E-state index contributed by atoms with van der Waals surface area (Å²) in [6, 6.07) is 3.68. The highest BCUT2D eigenvalue weighted by molar-refractivity contribution is 6.08. The summed E-state index contributed by atoms with van der Waals surface area (Å²) in [6.07, 6.45) is 1.05. The number of nitrogens with one attached hydrogen (secondary N) is 1. The SMILES string of the molecule is CC(=O)NC(Cc1cc(C(C)(C)C)c(O)c(C(C)(C)C)c1)(C(=O)OC1CC(C)(C)N(C)C(C)(C)C1)C(=O)OC1CC(C)(C)N(C)C(C)(C)C1. The molecule has 3 rings (SSSR count). The first-order chi connectivity index (χ1) is 21.9.